The van der Waals surface area contributed by atoms with E-state index in [1.54, 1.807) is 0 Å². The molecule has 0 radical (unpaired) electrons. The molecule has 2 heterocycles. The molecule has 0 aromatic heterocycles. The van der Waals surface area contributed by atoms with Gasteiger partial charge in [0.1, 0.15) is 0 Å². The van der Waals surface area contributed by atoms with Crippen molar-refractivity contribution in [2.24, 2.45) is 0 Å². The van der Waals surface area contributed by atoms with E-state index in [1.807, 2.05) is 0 Å². The molecule has 2 saturated heterocycles. The highest BCUT2D eigenvalue weighted by Crippen LogP contribution is 2.15. The quantitative estimate of drug-likeness (QED) is 0.814. The molecule has 0 saturated carbocycles. The van der Waals surface area contributed by atoms with E-state index in [0.29, 0.717) is 12.6 Å². The van der Waals surface area contributed by atoms with Crippen molar-refractivity contribution in [3.63, 3.8) is 0 Å². The molecule has 2 N–H and O–H groups in total. The molecule has 114 valence electrons. The van der Waals surface area contributed by atoms with E-state index in [-0.39, 0.29) is 30.3 Å². The van der Waals surface area contributed by atoms with Crippen molar-refractivity contribution in [2.45, 2.75) is 57.2 Å². The van der Waals surface area contributed by atoms with Crippen molar-refractivity contribution >= 4 is 22.4 Å². The Kier molecular flexibility index (Phi) is 7.04. The van der Waals surface area contributed by atoms with Crippen LogP contribution in [0.4, 0.5) is 0 Å². The molecule has 0 aliphatic carbocycles. The maximum absolute atomic E-state index is 12.1. The molecule has 19 heavy (non-hydrogen) atoms. The molecule has 2 fully saturated rings. The van der Waals surface area contributed by atoms with E-state index in [2.05, 4.69) is 17.0 Å². The van der Waals surface area contributed by atoms with Crippen LogP contribution in [0.1, 0.15) is 39.0 Å². The molecule has 0 aromatic carbocycles. The summed E-state index contributed by atoms with van der Waals surface area (Å²) in [5.74, 6) is 0.116. The lowest BCUT2D eigenvalue weighted by Gasteiger charge is -2.29. The molecule has 3 atom stereocenters. The summed E-state index contributed by atoms with van der Waals surface area (Å²) in [4.78, 5) is 0. The van der Waals surface area contributed by atoms with Gasteiger partial charge in [0.05, 0.1) is 11.9 Å². The van der Waals surface area contributed by atoms with E-state index in [0.717, 1.165) is 38.6 Å². The highest BCUT2D eigenvalue weighted by Gasteiger charge is 2.26. The second-order valence-electron chi connectivity index (χ2n) is 5.46. The Balaban J connectivity index is 0.00000180. The van der Waals surface area contributed by atoms with Crippen LogP contribution in [0.3, 0.4) is 0 Å². The number of rotatable bonds is 4. The zero-order valence-corrected chi connectivity index (χ0v) is 13.1. The number of ether oxygens (including phenoxy) is 1. The van der Waals surface area contributed by atoms with Gasteiger partial charge in [-0.15, -0.1) is 12.4 Å². The minimum absolute atomic E-state index is 0. The highest BCUT2D eigenvalue weighted by atomic mass is 35.5. The average Bonchev–Trinajstić information content (AvgIpc) is 2.28. The average molecular weight is 313 g/mol. The first kappa shape index (κ1) is 17.2. The molecule has 2 aliphatic heterocycles. The van der Waals surface area contributed by atoms with Crippen LogP contribution in [0.5, 0.6) is 0 Å². The second kappa shape index (κ2) is 7.78. The summed E-state index contributed by atoms with van der Waals surface area (Å²) in [5.41, 5.74) is 0. The van der Waals surface area contributed by atoms with Crippen molar-refractivity contribution in [1.82, 2.24) is 10.0 Å². The number of piperidine rings is 1. The summed E-state index contributed by atoms with van der Waals surface area (Å²) < 4.78 is 32.4. The summed E-state index contributed by atoms with van der Waals surface area (Å²) in [6.45, 7) is 3.67. The third-order valence-electron chi connectivity index (χ3n) is 3.65. The summed E-state index contributed by atoms with van der Waals surface area (Å²) in [6, 6.07) is 0.465. The Bertz CT molecular complexity index is 358. The van der Waals surface area contributed by atoms with Crippen molar-refractivity contribution < 1.29 is 13.2 Å². The van der Waals surface area contributed by atoms with Gasteiger partial charge in [0.2, 0.25) is 10.0 Å². The van der Waals surface area contributed by atoms with Crippen molar-refractivity contribution in [3.05, 3.63) is 0 Å². The second-order valence-corrected chi connectivity index (χ2v) is 7.26. The topological polar surface area (TPSA) is 67.4 Å². The number of sulfonamides is 1. The fraction of sp³-hybridized carbons (Fsp3) is 1.00. The van der Waals surface area contributed by atoms with Gasteiger partial charge >= 0.3 is 0 Å². The largest absolute Gasteiger partial charge is 0.377 e. The van der Waals surface area contributed by atoms with E-state index < -0.39 is 10.0 Å². The van der Waals surface area contributed by atoms with Gasteiger partial charge < -0.3 is 10.1 Å². The number of hydrogen-bond donors (Lipinski definition) is 2. The first-order valence-corrected chi connectivity index (χ1v) is 8.55. The Morgan fingerprint density at radius 2 is 2.11 bits per heavy atom. The van der Waals surface area contributed by atoms with E-state index in [9.17, 15) is 8.42 Å². The smallest absolute Gasteiger partial charge is 0.214 e. The van der Waals surface area contributed by atoms with Crippen molar-refractivity contribution in [3.8, 4) is 0 Å². The molecular weight excluding hydrogens is 288 g/mol. The standard InChI is InChI=1S/C12H24N2O3S.ClH/c1-10-8-11(5-6-13-10)14-18(15,16)9-12-4-2-3-7-17-12;/h10-14H,2-9H2,1H3;1H. The molecule has 0 aromatic rings. The first-order valence-electron chi connectivity index (χ1n) is 6.90. The first-order chi connectivity index (χ1) is 8.55. The van der Waals surface area contributed by atoms with Gasteiger partial charge in [0.15, 0.2) is 0 Å². The predicted octanol–water partition coefficient (Wildman–Crippen LogP) is 1.04. The monoisotopic (exact) mass is 312 g/mol. The summed E-state index contributed by atoms with van der Waals surface area (Å²) in [6.07, 6.45) is 4.61. The van der Waals surface area contributed by atoms with Crippen LogP contribution in [0.2, 0.25) is 0 Å². The molecule has 2 rings (SSSR count). The SMILES string of the molecule is CC1CC(NS(=O)(=O)CC2CCCCO2)CCN1.Cl. The Morgan fingerprint density at radius 1 is 1.32 bits per heavy atom. The zero-order valence-electron chi connectivity index (χ0n) is 11.4. The van der Waals surface area contributed by atoms with Crippen LogP contribution in [-0.2, 0) is 14.8 Å². The Morgan fingerprint density at radius 3 is 2.74 bits per heavy atom. The third kappa shape index (κ3) is 5.95. The predicted molar refractivity (Wildman–Crippen MR) is 78.2 cm³/mol. The van der Waals surface area contributed by atoms with Gasteiger partial charge in [-0.25, -0.2) is 13.1 Å². The Hall–Kier alpha value is 0.120. The van der Waals surface area contributed by atoms with E-state index >= 15 is 0 Å². The number of halogens is 1. The fourth-order valence-electron chi connectivity index (χ4n) is 2.72. The third-order valence-corrected chi connectivity index (χ3v) is 5.15. The van der Waals surface area contributed by atoms with Crippen LogP contribution in [0, 0.1) is 0 Å². The van der Waals surface area contributed by atoms with Gasteiger partial charge in [-0.2, -0.15) is 0 Å². The maximum atomic E-state index is 12.1. The molecular formula is C12H25ClN2O3S. The molecule has 0 bridgehead atoms. The zero-order chi connectivity index (χ0) is 13.0. The van der Waals surface area contributed by atoms with Gasteiger partial charge in [0.25, 0.3) is 0 Å². The van der Waals surface area contributed by atoms with Crippen LogP contribution >= 0.6 is 12.4 Å². The van der Waals surface area contributed by atoms with Crippen LogP contribution in [0.15, 0.2) is 0 Å². The Labute approximate surface area is 122 Å². The molecule has 3 unspecified atom stereocenters. The van der Waals surface area contributed by atoms with Gasteiger partial charge in [-0.3, -0.25) is 0 Å². The lowest BCUT2D eigenvalue weighted by molar-refractivity contribution is 0.0303. The maximum Gasteiger partial charge on any atom is 0.214 e. The lowest BCUT2D eigenvalue weighted by Crippen LogP contribution is -2.48. The molecule has 7 heteroatoms. The number of nitrogens with one attached hydrogen (secondary N) is 2. The molecule has 0 amide bonds. The fourth-order valence-corrected chi connectivity index (χ4v) is 4.30. The number of hydrogen-bond acceptors (Lipinski definition) is 4. The minimum Gasteiger partial charge on any atom is -0.377 e. The van der Waals surface area contributed by atoms with Crippen molar-refractivity contribution in [1.29, 1.82) is 0 Å². The highest BCUT2D eigenvalue weighted by molar-refractivity contribution is 7.89. The lowest BCUT2D eigenvalue weighted by atomic mass is 10.0. The summed E-state index contributed by atoms with van der Waals surface area (Å²) >= 11 is 0. The molecule has 5 nitrogen and oxygen atoms in total. The van der Waals surface area contributed by atoms with Crippen molar-refractivity contribution in [2.75, 3.05) is 18.9 Å². The molecule has 2 aliphatic rings. The normalized spacial score (nSPS) is 32.6. The molecule has 0 spiro atoms. The van der Waals surface area contributed by atoms with E-state index in [4.69, 9.17) is 4.74 Å². The van der Waals surface area contributed by atoms with E-state index in [1.165, 1.54) is 0 Å². The van der Waals surface area contributed by atoms with Crippen LogP contribution in [0.25, 0.3) is 0 Å². The van der Waals surface area contributed by atoms with Gasteiger partial charge in [-0.05, 0) is 45.6 Å². The summed E-state index contributed by atoms with van der Waals surface area (Å²) in [5, 5.41) is 3.32. The summed E-state index contributed by atoms with van der Waals surface area (Å²) in [7, 11) is -3.21. The van der Waals surface area contributed by atoms with Gasteiger partial charge in [-0.1, -0.05) is 0 Å². The van der Waals surface area contributed by atoms with Crippen LogP contribution < -0.4 is 10.0 Å². The van der Waals surface area contributed by atoms with Gasteiger partial charge in [0, 0.05) is 18.7 Å². The minimum atomic E-state index is -3.21. The van der Waals surface area contributed by atoms with Crippen LogP contribution in [-0.4, -0.2) is 45.5 Å².